The van der Waals surface area contributed by atoms with Gasteiger partial charge in [-0.15, -0.1) is 0 Å². The second kappa shape index (κ2) is 9.67. The Labute approximate surface area is 197 Å². The van der Waals surface area contributed by atoms with Crippen LogP contribution in [0, 0.1) is 0 Å². The Morgan fingerprint density at radius 2 is 1.67 bits per heavy atom. The van der Waals surface area contributed by atoms with Crippen LogP contribution in [-0.4, -0.2) is 33.3 Å². The largest absolute Gasteiger partial charge is 0.490 e. The van der Waals surface area contributed by atoms with Gasteiger partial charge in [0.15, 0.2) is 5.82 Å². The predicted octanol–water partition coefficient (Wildman–Crippen LogP) is 5.21. The highest BCUT2D eigenvalue weighted by molar-refractivity contribution is 6.29. The fraction of sp³-hybridized carbons (Fsp3) is 0.320. The lowest BCUT2D eigenvalue weighted by Crippen LogP contribution is -2.48. The average Bonchev–Trinajstić information content (AvgIpc) is 2.77. The van der Waals surface area contributed by atoms with Gasteiger partial charge in [0.05, 0.1) is 0 Å². The Kier molecular flexibility index (Phi) is 6.70. The SMILES string of the molecule is CC(C)(c1ccc(OCc2nccc(Cl)n2)cc1)c1ccc(O[C@H]2C[C@H](NC(=O)O)C2)cc1. The first kappa shape index (κ1) is 22.9. The number of ether oxygens (including phenoxy) is 2. The van der Waals surface area contributed by atoms with E-state index in [1.807, 2.05) is 24.3 Å². The molecular weight excluding hydrogens is 442 g/mol. The number of aromatic nitrogens is 2. The van der Waals surface area contributed by atoms with Crippen molar-refractivity contribution in [3.05, 3.63) is 82.9 Å². The van der Waals surface area contributed by atoms with Crippen molar-refractivity contribution in [1.29, 1.82) is 0 Å². The van der Waals surface area contributed by atoms with Crippen molar-refractivity contribution in [3.63, 3.8) is 0 Å². The zero-order valence-electron chi connectivity index (χ0n) is 18.5. The smallest absolute Gasteiger partial charge is 0.404 e. The van der Waals surface area contributed by atoms with E-state index in [4.69, 9.17) is 26.2 Å². The maximum Gasteiger partial charge on any atom is 0.404 e. The van der Waals surface area contributed by atoms with Crippen LogP contribution in [0.4, 0.5) is 4.79 Å². The van der Waals surface area contributed by atoms with Crippen molar-refractivity contribution >= 4 is 17.7 Å². The van der Waals surface area contributed by atoms with Crippen LogP contribution < -0.4 is 14.8 Å². The minimum Gasteiger partial charge on any atom is -0.490 e. The number of benzene rings is 2. The molecule has 0 atom stereocenters. The van der Waals surface area contributed by atoms with Crippen LogP contribution in [0.5, 0.6) is 11.5 Å². The van der Waals surface area contributed by atoms with Crippen LogP contribution in [0.2, 0.25) is 5.15 Å². The molecule has 8 heteroatoms. The van der Waals surface area contributed by atoms with E-state index in [9.17, 15) is 4.79 Å². The standard InChI is InChI=1S/C25H26ClN3O4/c1-25(2,16-3-7-19(8-4-16)32-15-23-27-12-11-22(26)29-23)17-5-9-20(10-6-17)33-21-13-18(14-21)28-24(30)31/h3-12,18,21,28H,13-15H2,1-2H3,(H,30,31)/t18-,21-. The summed E-state index contributed by atoms with van der Waals surface area (Å²) in [5.74, 6) is 2.06. The van der Waals surface area contributed by atoms with Gasteiger partial charge in [0.2, 0.25) is 0 Å². The Morgan fingerprint density at radius 3 is 2.24 bits per heavy atom. The van der Waals surface area contributed by atoms with Crippen LogP contribution in [0.25, 0.3) is 0 Å². The van der Waals surface area contributed by atoms with E-state index in [-0.39, 0.29) is 24.2 Å². The van der Waals surface area contributed by atoms with Crippen molar-refractivity contribution in [1.82, 2.24) is 15.3 Å². The summed E-state index contributed by atoms with van der Waals surface area (Å²) in [6.07, 6.45) is 2.05. The molecular formula is C25H26ClN3O4. The van der Waals surface area contributed by atoms with E-state index >= 15 is 0 Å². The van der Waals surface area contributed by atoms with Gasteiger partial charge < -0.3 is 19.9 Å². The number of carbonyl (C=O) groups is 1. The molecule has 33 heavy (non-hydrogen) atoms. The first-order chi connectivity index (χ1) is 15.8. The fourth-order valence-electron chi connectivity index (χ4n) is 3.82. The van der Waals surface area contributed by atoms with Gasteiger partial charge in [0, 0.05) is 30.5 Å². The first-order valence-electron chi connectivity index (χ1n) is 10.8. The van der Waals surface area contributed by atoms with Crippen LogP contribution in [0.1, 0.15) is 43.6 Å². The monoisotopic (exact) mass is 467 g/mol. The van der Waals surface area contributed by atoms with Gasteiger partial charge in [-0.25, -0.2) is 14.8 Å². The lowest BCUT2D eigenvalue weighted by Gasteiger charge is -2.35. The van der Waals surface area contributed by atoms with E-state index < -0.39 is 6.09 Å². The first-order valence-corrected chi connectivity index (χ1v) is 11.1. The lowest BCUT2D eigenvalue weighted by atomic mass is 9.78. The van der Waals surface area contributed by atoms with Crippen LogP contribution in [0.15, 0.2) is 60.8 Å². The third kappa shape index (κ3) is 5.73. The summed E-state index contributed by atoms with van der Waals surface area (Å²) in [5, 5.41) is 11.6. The van der Waals surface area contributed by atoms with Gasteiger partial charge in [-0.3, -0.25) is 0 Å². The Balaban J connectivity index is 1.34. The molecule has 0 unspecified atom stereocenters. The third-order valence-electron chi connectivity index (χ3n) is 5.92. The van der Waals surface area contributed by atoms with E-state index in [2.05, 4.69) is 53.4 Å². The van der Waals surface area contributed by atoms with E-state index in [1.54, 1.807) is 12.3 Å². The molecule has 1 saturated carbocycles. The second-order valence-electron chi connectivity index (χ2n) is 8.62. The number of nitrogens with one attached hydrogen (secondary N) is 1. The van der Waals surface area contributed by atoms with Crippen molar-refractivity contribution in [2.75, 3.05) is 0 Å². The van der Waals surface area contributed by atoms with Crippen LogP contribution in [0.3, 0.4) is 0 Å². The van der Waals surface area contributed by atoms with E-state index in [1.165, 1.54) is 0 Å². The second-order valence-corrected chi connectivity index (χ2v) is 9.00. The summed E-state index contributed by atoms with van der Waals surface area (Å²) in [6.45, 7) is 4.60. The molecule has 0 aliphatic heterocycles. The third-order valence-corrected chi connectivity index (χ3v) is 6.13. The number of carboxylic acid groups (broad SMARTS) is 1. The zero-order valence-corrected chi connectivity index (χ0v) is 19.2. The van der Waals surface area contributed by atoms with E-state index in [0.29, 0.717) is 23.8 Å². The molecule has 1 aliphatic rings. The summed E-state index contributed by atoms with van der Waals surface area (Å²) >= 11 is 5.89. The molecule has 1 amide bonds. The fourth-order valence-corrected chi connectivity index (χ4v) is 3.98. The quantitative estimate of drug-likeness (QED) is 0.441. The van der Waals surface area contributed by atoms with Crippen molar-refractivity contribution < 1.29 is 19.4 Å². The van der Waals surface area contributed by atoms with Crippen molar-refractivity contribution in [2.24, 2.45) is 0 Å². The molecule has 172 valence electrons. The molecule has 1 aliphatic carbocycles. The van der Waals surface area contributed by atoms with E-state index in [0.717, 1.165) is 22.6 Å². The van der Waals surface area contributed by atoms with Gasteiger partial charge in [-0.1, -0.05) is 49.7 Å². The Bertz CT molecular complexity index is 1100. The summed E-state index contributed by atoms with van der Waals surface area (Å²) in [4.78, 5) is 18.9. The highest BCUT2D eigenvalue weighted by Gasteiger charge is 2.32. The number of hydrogen-bond donors (Lipinski definition) is 2. The normalized spacial score (nSPS) is 17.7. The van der Waals surface area contributed by atoms with Gasteiger partial charge >= 0.3 is 6.09 Å². The van der Waals surface area contributed by atoms with Gasteiger partial charge in [-0.05, 0) is 41.5 Å². The molecule has 0 spiro atoms. The number of halogens is 1. The maximum atomic E-state index is 10.7. The van der Waals surface area contributed by atoms with Crippen LogP contribution >= 0.6 is 11.6 Å². The Morgan fingerprint density at radius 1 is 1.06 bits per heavy atom. The zero-order chi connectivity index (χ0) is 23.4. The Hall–Kier alpha value is -3.32. The maximum absolute atomic E-state index is 10.7. The average molecular weight is 468 g/mol. The molecule has 1 aromatic heterocycles. The molecule has 0 bridgehead atoms. The molecule has 7 nitrogen and oxygen atoms in total. The lowest BCUT2D eigenvalue weighted by molar-refractivity contribution is 0.0833. The summed E-state index contributed by atoms with van der Waals surface area (Å²) in [7, 11) is 0. The molecule has 4 rings (SSSR count). The molecule has 1 heterocycles. The molecule has 1 fully saturated rings. The van der Waals surface area contributed by atoms with Gasteiger partial charge in [-0.2, -0.15) is 0 Å². The molecule has 2 N–H and O–H groups in total. The number of hydrogen-bond acceptors (Lipinski definition) is 5. The van der Waals surface area contributed by atoms with Crippen LogP contribution in [-0.2, 0) is 12.0 Å². The molecule has 2 aromatic carbocycles. The minimum atomic E-state index is -0.986. The molecule has 3 aromatic rings. The number of amides is 1. The predicted molar refractivity (Wildman–Crippen MR) is 125 cm³/mol. The molecule has 0 radical (unpaired) electrons. The highest BCUT2D eigenvalue weighted by Crippen LogP contribution is 2.34. The number of nitrogens with zero attached hydrogens (tertiary/aromatic N) is 2. The minimum absolute atomic E-state index is 0.0179. The summed E-state index contributed by atoms with van der Waals surface area (Å²) < 4.78 is 11.7. The van der Waals surface area contributed by atoms with Crippen molar-refractivity contribution in [2.45, 2.75) is 50.9 Å². The van der Waals surface area contributed by atoms with Crippen molar-refractivity contribution in [3.8, 4) is 11.5 Å². The molecule has 0 saturated heterocycles. The summed E-state index contributed by atoms with van der Waals surface area (Å²) in [5.41, 5.74) is 2.11. The topological polar surface area (TPSA) is 93.6 Å². The van der Waals surface area contributed by atoms with Gasteiger partial charge in [0.1, 0.15) is 29.4 Å². The summed E-state index contributed by atoms with van der Waals surface area (Å²) in [6, 6.07) is 17.7. The highest BCUT2D eigenvalue weighted by atomic mass is 35.5. The van der Waals surface area contributed by atoms with Gasteiger partial charge in [0.25, 0.3) is 0 Å². The number of rotatable bonds is 8.